The Morgan fingerprint density at radius 3 is 1.88 bits per heavy atom. The number of rotatable bonds is 17. The summed E-state index contributed by atoms with van der Waals surface area (Å²) in [7, 11) is 0. The molecule has 0 saturated heterocycles. The number of carbonyl (C=O) groups excluding carboxylic acids is 1. The Kier molecular flexibility index (Phi) is 17.6. The van der Waals surface area contributed by atoms with Crippen LogP contribution in [0.1, 0.15) is 110 Å². The quantitative estimate of drug-likeness (QED) is 0.173. The smallest absolute Gasteiger partial charge is 0.313 e. The molecule has 0 aromatic heterocycles. The molecule has 25 heavy (non-hydrogen) atoms. The van der Waals surface area contributed by atoms with Crippen LogP contribution in [0.25, 0.3) is 0 Å². The van der Waals surface area contributed by atoms with Crippen LogP contribution in [0.2, 0.25) is 0 Å². The average molecular weight is 355 g/mol. The van der Waals surface area contributed by atoms with Gasteiger partial charge in [0.05, 0.1) is 6.42 Å². The van der Waals surface area contributed by atoms with Gasteiger partial charge in [0, 0.05) is 6.42 Å². The minimum atomic E-state index is -0.601. The normalized spacial score (nSPS) is 14.1. The second-order valence-electron chi connectivity index (χ2n) is 7.14. The molecule has 0 aromatic carbocycles. The van der Waals surface area contributed by atoms with Gasteiger partial charge in [-0.15, -0.1) is 0 Å². The fourth-order valence-corrected chi connectivity index (χ4v) is 2.87. The van der Waals surface area contributed by atoms with E-state index in [-0.39, 0.29) is 5.91 Å². The summed E-state index contributed by atoms with van der Waals surface area (Å²) in [5.74, 6) is -0.285. The molecular formula is C21H42N2O2. The first kappa shape index (κ1) is 24.3. The third-order valence-corrected chi connectivity index (χ3v) is 4.72. The average Bonchev–Trinajstić information content (AvgIpc) is 2.63. The number of hydrogen-bond donors (Lipinski definition) is 2. The Labute approximate surface area is 155 Å². The van der Waals surface area contributed by atoms with Crippen molar-refractivity contribution >= 4 is 5.91 Å². The van der Waals surface area contributed by atoms with Crippen LogP contribution in [-0.2, 0) is 4.79 Å². The summed E-state index contributed by atoms with van der Waals surface area (Å²) in [4.78, 5) is 11.6. The summed E-state index contributed by atoms with van der Waals surface area (Å²) >= 11 is 0. The highest BCUT2D eigenvalue weighted by molar-refractivity contribution is 5.66. The van der Waals surface area contributed by atoms with Crippen molar-refractivity contribution < 1.29 is 9.86 Å². The number of allylic oxidation sites excluding steroid dienone is 2. The Morgan fingerprint density at radius 2 is 1.36 bits per heavy atom. The predicted molar refractivity (Wildman–Crippen MR) is 107 cm³/mol. The number of quaternary nitrogens is 1. The van der Waals surface area contributed by atoms with Gasteiger partial charge < -0.3 is 5.21 Å². The fraction of sp³-hybridized carbons (Fsp3) is 0.857. The molecule has 0 aliphatic heterocycles. The first-order chi connectivity index (χ1) is 12.1. The largest absolute Gasteiger partial charge is 0.626 e. The van der Waals surface area contributed by atoms with E-state index in [4.69, 9.17) is 5.73 Å². The van der Waals surface area contributed by atoms with E-state index in [0.717, 1.165) is 19.3 Å². The monoisotopic (exact) mass is 354 g/mol. The summed E-state index contributed by atoms with van der Waals surface area (Å²) in [5, 5.41) is 11.2. The molecule has 0 heterocycles. The molecule has 0 aliphatic carbocycles. The number of unbranched alkanes of at least 4 members (excludes halogenated alkanes) is 11. The minimum absolute atomic E-state index is 0.285. The molecule has 0 saturated carbocycles. The molecule has 148 valence electrons. The third-order valence-electron chi connectivity index (χ3n) is 4.72. The van der Waals surface area contributed by atoms with Crippen LogP contribution in [0.5, 0.6) is 0 Å². The van der Waals surface area contributed by atoms with Gasteiger partial charge in [-0.1, -0.05) is 77.4 Å². The van der Waals surface area contributed by atoms with Gasteiger partial charge >= 0.3 is 5.91 Å². The number of hydrogen-bond acceptors (Lipinski definition) is 3. The van der Waals surface area contributed by atoms with Gasteiger partial charge in [-0.3, -0.25) is 10.8 Å². The van der Waals surface area contributed by atoms with Crippen molar-refractivity contribution in [1.29, 1.82) is 0 Å². The Hall–Kier alpha value is -0.710. The number of nitrogens with one attached hydrogen (secondary N) is 1. The molecule has 1 amide bonds. The zero-order chi connectivity index (χ0) is 18.8. The molecule has 0 rings (SSSR count). The summed E-state index contributed by atoms with van der Waals surface area (Å²) in [6.07, 6.45) is 20.9. The molecule has 4 heteroatoms. The van der Waals surface area contributed by atoms with Crippen LogP contribution in [0.3, 0.4) is 0 Å². The summed E-state index contributed by atoms with van der Waals surface area (Å²) in [6, 6.07) is 0. The molecule has 2 atom stereocenters. The van der Waals surface area contributed by atoms with Crippen molar-refractivity contribution in [3.63, 3.8) is 0 Å². The van der Waals surface area contributed by atoms with Gasteiger partial charge in [-0.25, -0.2) is 4.79 Å². The molecule has 0 aromatic rings. The zero-order valence-corrected chi connectivity index (χ0v) is 16.7. The molecule has 2 unspecified atom stereocenters. The SMILES string of the molecule is CCCCCCCC/C=C\CCCCCCCC(=O)[NH+]([O-])C(N)CC. The number of carbonyl (C=O) groups is 1. The Morgan fingerprint density at radius 1 is 0.880 bits per heavy atom. The lowest BCUT2D eigenvalue weighted by molar-refractivity contribution is -0.795. The van der Waals surface area contributed by atoms with E-state index in [1.165, 1.54) is 64.2 Å². The fourth-order valence-electron chi connectivity index (χ4n) is 2.87. The standard InChI is InChI=1S/C21H42N2O2/c1-3-5-6-7-8-9-10-11-12-13-14-15-16-17-18-19-21(24)23(25)20(22)4-2/h11-12,20,23H,3-10,13-19,22H2,1-2H3/b12-11-. The van der Waals surface area contributed by atoms with E-state index in [0.29, 0.717) is 12.8 Å². The molecule has 3 N–H and O–H groups in total. The van der Waals surface area contributed by atoms with E-state index >= 15 is 0 Å². The highest BCUT2D eigenvalue weighted by Gasteiger charge is 2.15. The second kappa shape index (κ2) is 18.1. The summed E-state index contributed by atoms with van der Waals surface area (Å²) in [6.45, 7) is 4.09. The van der Waals surface area contributed by atoms with Crippen LogP contribution in [0.15, 0.2) is 12.2 Å². The third kappa shape index (κ3) is 15.3. The van der Waals surface area contributed by atoms with Gasteiger partial charge in [0.2, 0.25) is 0 Å². The van der Waals surface area contributed by atoms with Crippen molar-refractivity contribution in [3.8, 4) is 0 Å². The van der Waals surface area contributed by atoms with Gasteiger partial charge in [-0.05, 0) is 32.1 Å². The van der Waals surface area contributed by atoms with Crippen LogP contribution in [0, 0.1) is 5.21 Å². The van der Waals surface area contributed by atoms with E-state index in [1.807, 2.05) is 6.92 Å². The molecule has 0 fully saturated rings. The molecule has 0 aliphatic rings. The van der Waals surface area contributed by atoms with Crippen molar-refractivity contribution in [1.82, 2.24) is 0 Å². The molecule has 4 nitrogen and oxygen atoms in total. The van der Waals surface area contributed by atoms with Crippen molar-refractivity contribution in [2.45, 2.75) is 116 Å². The zero-order valence-electron chi connectivity index (χ0n) is 16.7. The summed E-state index contributed by atoms with van der Waals surface area (Å²) in [5.41, 5.74) is 5.60. The van der Waals surface area contributed by atoms with E-state index in [2.05, 4.69) is 19.1 Å². The number of nitrogens with two attached hydrogens (primary N) is 1. The highest BCUT2D eigenvalue weighted by atomic mass is 16.5. The Balaban J connectivity index is 3.33. The molecule has 0 radical (unpaired) electrons. The van der Waals surface area contributed by atoms with Crippen molar-refractivity contribution in [2.24, 2.45) is 5.73 Å². The van der Waals surface area contributed by atoms with Gasteiger partial charge in [0.1, 0.15) is 6.17 Å². The lowest BCUT2D eigenvalue weighted by Gasteiger charge is -2.25. The van der Waals surface area contributed by atoms with Crippen molar-refractivity contribution in [2.75, 3.05) is 0 Å². The predicted octanol–water partition coefficient (Wildman–Crippen LogP) is 4.63. The Bertz CT molecular complexity index is 332. The number of amides is 1. The van der Waals surface area contributed by atoms with Crippen LogP contribution in [0.4, 0.5) is 0 Å². The van der Waals surface area contributed by atoms with Gasteiger partial charge in [0.15, 0.2) is 0 Å². The number of hydroxylamine groups is 2. The lowest BCUT2D eigenvalue weighted by Crippen LogP contribution is -3.15. The van der Waals surface area contributed by atoms with Crippen LogP contribution in [-0.4, -0.2) is 12.1 Å². The van der Waals surface area contributed by atoms with E-state index in [1.54, 1.807) is 0 Å². The maximum atomic E-state index is 11.6. The first-order valence-corrected chi connectivity index (χ1v) is 10.6. The van der Waals surface area contributed by atoms with Crippen LogP contribution < -0.4 is 10.8 Å². The highest BCUT2D eigenvalue weighted by Crippen LogP contribution is 2.09. The maximum absolute atomic E-state index is 11.6. The summed E-state index contributed by atoms with van der Waals surface area (Å²) < 4.78 is 0. The maximum Gasteiger partial charge on any atom is 0.313 e. The van der Waals surface area contributed by atoms with Gasteiger partial charge in [-0.2, -0.15) is 0 Å². The molecular weight excluding hydrogens is 312 g/mol. The van der Waals surface area contributed by atoms with E-state index in [9.17, 15) is 10.0 Å². The van der Waals surface area contributed by atoms with E-state index < -0.39 is 11.2 Å². The molecule has 0 bridgehead atoms. The van der Waals surface area contributed by atoms with Crippen molar-refractivity contribution in [3.05, 3.63) is 17.4 Å². The second-order valence-corrected chi connectivity index (χ2v) is 7.14. The van der Waals surface area contributed by atoms with Gasteiger partial charge in [0.25, 0.3) is 0 Å². The lowest BCUT2D eigenvalue weighted by atomic mass is 10.1. The molecule has 0 spiro atoms. The first-order valence-electron chi connectivity index (χ1n) is 10.6. The van der Waals surface area contributed by atoms with Crippen LogP contribution >= 0.6 is 0 Å². The minimum Gasteiger partial charge on any atom is -0.626 e. The topological polar surface area (TPSA) is 70.6 Å².